The summed E-state index contributed by atoms with van der Waals surface area (Å²) in [5, 5.41) is 8.77. The molecule has 0 aliphatic heterocycles. The largest absolute Gasteiger partial charge is 0.481 e. The van der Waals surface area contributed by atoms with E-state index in [4.69, 9.17) is 14.6 Å². The number of hydrogen-bond donors (Lipinski definition) is 1. The maximum Gasteiger partial charge on any atom is 0.341 e. The third kappa shape index (κ3) is 5.74. The van der Waals surface area contributed by atoms with Crippen molar-refractivity contribution in [3.05, 3.63) is 28.8 Å². The number of aliphatic carboxylic acids is 1. The Kier molecular flexibility index (Phi) is 8.41. The summed E-state index contributed by atoms with van der Waals surface area (Å²) < 4.78 is 10.5. The number of carbonyl (C=O) groups excluding carboxylic acids is 1. The van der Waals surface area contributed by atoms with Crippen LogP contribution in [0.5, 0.6) is 5.75 Å². The lowest BCUT2D eigenvalue weighted by atomic mass is 10.0. The number of carboxylic acids is 1. The minimum Gasteiger partial charge on any atom is -0.481 e. The summed E-state index contributed by atoms with van der Waals surface area (Å²) in [6, 6.07) is 3.68. The standard InChI is InChI=1S/C19H29NO5/c1-6-16(7-2)20(8-9-24-5)19(23)15-10-13(3)18(14(4)11-15)25-12-17(21)22/h10-11,16H,6-9,12H2,1-5H3,(H,21,22). The Hall–Kier alpha value is -2.08. The van der Waals surface area contributed by atoms with Crippen LogP contribution in [0.25, 0.3) is 0 Å². The second-order valence-corrected chi connectivity index (χ2v) is 6.08. The molecular weight excluding hydrogens is 322 g/mol. The second-order valence-electron chi connectivity index (χ2n) is 6.08. The van der Waals surface area contributed by atoms with Crippen molar-refractivity contribution < 1.29 is 24.2 Å². The first-order chi connectivity index (χ1) is 11.8. The Balaban J connectivity index is 3.10. The smallest absolute Gasteiger partial charge is 0.341 e. The van der Waals surface area contributed by atoms with Crippen molar-refractivity contribution in [2.45, 2.75) is 46.6 Å². The molecule has 0 unspecified atom stereocenters. The molecule has 1 aromatic carbocycles. The molecule has 0 saturated heterocycles. The number of benzene rings is 1. The topological polar surface area (TPSA) is 76.1 Å². The molecule has 25 heavy (non-hydrogen) atoms. The molecule has 0 radical (unpaired) electrons. The monoisotopic (exact) mass is 351 g/mol. The molecule has 0 spiro atoms. The number of methoxy groups -OCH3 is 1. The van der Waals surface area contributed by atoms with Gasteiger partial charge in [-0.25, -0.2) is 4.79 Å². The van der Waals surface area contributed by atoms with Gasteiger partial charge in [-0.3, -0.25) is 4.79 Å². The molecule has 0 aliphatic rings. The van der Waals surface area contributed by atoms with E-state index in [1.807, 2.05) is 18.7 Å². The van der Waals surface area contributed by atoms with Gasteiger partial charge in [0.05, 0.1) is 6.61 Å². The first kappa shape index (κ1) is 21.0. The van der Waals surface area contributed by atoms with Crippen molar-refractivity contribution in [3.8, 4) is 5.75 Å². The number of amides is 1. The van der Waals surface area contributed by atoms with Crippen LogP contribution in [0.4, 0.5) is 0 Å². The van der Waals surface area contributed by atoms with Gasteiger partial charge in [0.15, 0.2) is 6.61 Å². The van der Waals surface area contributed by atoms with Gasteiger partial charge in [0.25, 0.3) is 5.91 Å². The van der Waals surface area contributed by atoms with Gasteiger partial charge in [-0.1, -0.05) is 13.8 Å². The Bertz CT molecular complexity index is 572. The number of carboxylic acid groups (broad SMARTS) is 1. The maximum atomic E-state index is 13.0. The van der Waals surface area contributed by atoms with E-state index in [0.717, 1.165) is 24.0 Å². The summed E-state index contributed by atoms with van der Waals surface area (Å²) in [5.41, 5.74) is 2.09. The number of ether oxygens (including phenoxy) is 2. The normalized spacial score (nSPS) is 10.8. The molecule has 6 heteroatoms. The fraction of sp³-hybridized carbons (Fsp3) is 0.579. The van der Waals surface area contributed by atoms with Crippen LogP contribution in [0.3, 0.4) is 0 Å². The Labute approximate surface area is 149 Å². The van der Waals surface area contributed by atoms with Gasteiger partial charge in [-0.05, 0) is 49.9 Å². The van der Waals surface area contributed by atoms with Crippen molar-refractivity contribution in [2.75, 3.05) is 26.9 Å². The summed E-state index contributed by atoms with van der Waals surface area (Å²) in [6.45, 7) is 8.40. The van der Waals surface area contributed by atoms with E-state index in [1.54, 1.807) is 19.2 Å². The molecule has 0 heterocycles. The van der Waals surface area contributed by atoms with Gasteiger partial charge in [0.2, 0.25) is 0 Å². The molecule has 1 amide bonds. The molecule has 1 aromatic rings. The van der Waals surface area contributed by atoms with Gasteiger partial charge in [-0.15, -0.1) is 0 Å². The van der Waals surface area contributed by atoms with E-state index in [0.29, 0.717) is 24.5 Å². The molecule has 1 rings (SSSR count). The maximum absolute atomic E-state index is 13.0. The molecule has 0 aromatic heterocycles. The highest BCUT2D eigenvalue weighted by atomic mass is 16.5. The van der Waals surface area contributed by atoms with Gasteiger partial charge < -0.3 is 19.5 Å². The van der Waals surface area contributed by atoms with Crippen LogP contribution in [0.1, 0.15) is 48.2 Å². The Morgan fingerprint density at radius 1 is 1.16 bits per heavy atom. The van der Waals surface area contributed by atoms with Crippen LogP contribution in [0, 0.1) is 13.8 Å². The van der Waals surface area contributed by atoms with E-state index in [9.17, 15) is 9.59 Å². The molecule has 0 fully saturated rings. The molecule has 0 saturated carbocycles. The van der Waals surface area contributed by atoms with Crippen LogP contribution in [-0.4, -0.2) is 54.8 Å². The minimum absolute atomic E-state index is 0.0401. The summed E-state index contributed by atoms with van der Waals surface area (Å²) in [5.74, 6) is -0.551. The third-order valence-corrected chi connectivity index (χ3v) is 4.23. The van der Waals surface area contributed by atoms with Gasteiger partial charge in [-0.2, -0.15) is 0 Å². The molecular formula is C19H29NO5. The van der Waals surface area contributed by atoms with Gasteiger partial charge in [0, 0.05) is 25.3 Å². The predicted molar refractivity (Wildman–Crippen MR) is 96.3 cm³/mol. The van der Waals surface area contributed by atoms with Crippen molar-refractivity contribution in [3.63, 3.8) is 0 Å². The molecule has 140 valence electrons. The minimum atomic E-state index is -1.03. The summed E-state index contributed by atoms with van der Waals surface area (Å²) in [4.78, 5) is 25.6. The van der Waals surface area contributed by atoms with Crippen molar-refractivity contribution >= 4 is 11.9 Å². The quantitative estimate of drug-likeness (QED) is 0.701. The van der Waals surface area contributed by atoms with Crippen LogP contribution in [0.2, 0.25) is 0 Å². The number of carbonyl (C=O) groups is 2. The van der Waals surface area contributed by atoms with Gasteiger partial charge in [0.1, 0.15) is 5.75 Å². The lowest BCUT2D eigenvalue weighted by Crippen LogP contribution is -2.41. The Morgan fingerprint density at radius 3 is 2.16 bits per heavy atom. The lowest BCUT2D eigenvalue weighted by molar-refractivity contribution is -0.139. The average molecular weight is 351 g/mol. The zero-order valence-electron chi connectivity index (χ0n) is 15.8. The summed E-state index contributed by atoms with van der Waals surface area (Å²) in [6.07, 6.45) is 1.76. The lowest BCUT2D eigenvalue weighted by Gasteiger charge is -2.31. The van der Waals surface area contributed by atoms with Crippen molar-refractivity contribution in [1.29, 1.82) is 0 Å². The predicted octanol–water partition coefficient (Wildman–Crippen LogP) is 3.04. The van der Waals surface area contributed by atoms with Crippen LogP contribution in [-0.2, 0) is 9.53 Å². The van der Waals surface area contributed by atoms with Crippen molar-refractivity contribution in [1.82, 2.24) is 4.90 Å². The first-order valence-electron chi connectivity index (χ1n) is 8.61. The molecule has 1 N–H and O–H groups in total. The average Bonchev–Trinajstić information content (AvgIpc) is 2.56. The second kappa shape index (κ2) is 10.0. The Morgan fingerprint density at radius 2 is 1.72 bits per heavy atom. The van der Waals surface area contributed by atoms with E-state index in [2.05, 4.69) is 13.8 Å². The summed E-state index contributed by atoms with van der Waals surface area (Å²) in [7, 11) is 1.62. The highest BCUT2D eigenvalue weighted by Gasteiger charge is 2.23. The summed E-state index contributed by atoms with van der Waals surface area (Å²) >= 11 is 0. The highest BCUT2D eigenvalue weighted by molar-refractivity contribution is 5.95. The fourth-order valence-corrected chi connectivity index (χ4v) is 2.97. The van der Waals surface area contributed by atoms with Crippen LogP contribution >= 0.6 is 0 Å². The number of rotatable bonds is 10. The number of aryl methyl sites for hydroxylation is 2. The van der Waals surface area contributed by atoms with E-state index in [-0.39, 0.29) is 11.9 Å². The molecule has 0 bridgehead atoms. The van der Waals surface area contributed by atoms with Crippen LogP contribution in [0.15, 0.2) is 12.1 Å². The first-order valence-corrected chi connectivity index (χ1v) is 8.61. The van der Waals surface area contributed by atoms with E-state index in [1.165, 1.54) is 0 Å². The zero-order chi connectivity index (χ0) is 19.0. The highest BCUT2D eigenvalue weighted by Crippen LogP contribution is 2.26. The third-order valence-electron chi connectivity index (χ3n) is 4.23. The van der Waals surface area contributed by atoms with Crippen molar-refractivity contribution in [2.24, 2.45) is 0 Å². The fourth-order valence-electron chi connectivity index (χ4n) is 2.97. The number of nitrogens with zero attached hydrogens (tertiary/aromatic N) is 1. The zero-order valence-corrected chi connectivity index (χ0v) is 15.8. The SMILES string of the molecule is CCC(CC)N(CCOC)C(=O)c1cc(C)c(OCC(=O)O)c(C)c1. The van der Waals surface area contributed by atoms with E-state index >= 15 is 0 Å². The number of hydrogen-bond acceptors (Lipinski definition) is 4. The molecule has 0 atom stereocenters. The van der Waals surface area contributed by atoms with Crippen LogP contribution < -0.4 is 4.74 Å². The van der Waals surface area contributed by atoms with Gasteiger partial charge >= 0.3 is 5.97 Å². The van der Waals surface area contributed by atoms with E-state index < -0.39 is 12.6 Å². The molecule has 6 nitrogen and oxygen atoms in total. The molecule has 0 aliphatic carbocycles.